The van der Waals surface area contributed by atoms with E-state index in [0.717, 1.165) is 41.5 Å². The first-order valence-electron chi connectivity index (χ1n) is 13.0. The van der Waals surface area contributed by atoms with Crippen molar-refractivity contribution in [1.82, 2.24) is 19.4 Å². The molecule has 202 valence electrons. The van der Waals surface area contributed by atoms with Crippen molar-refractivity contribution in [2.24, 2.45) is 7.05 Å². The number of hydrogen-bond acceptors (Lipinski definition) is 7. The van der Waals surface area contributed by atoms with Gasteiger partial charge < -0.3 is 23.7 Å². The molecule has 0 spiro atoms. The number of benzene rings is 2. The first kappa shape index (κ1) is 26.6. The van der Waals surface area contributed by atoms with Crippen molar-refractivity contribution in [3.05, 3.63) is 90.4 Å². The Bertz CT molecular complexity index is 1350. The Kier molecular flexibility index (Phi) is 8.68. The minimum atomic E-state index is -0.322. The molecule has 0 N–H and O–H groups in total. The Morgan fingerprint density at radius 1 is 0.949 bits per heavy atom. The number of amides is 1. The lowest BCUT2D eigenvalue weighted by atomic mass is 10.1. The monoisotopic (exact) mass is 544 g/mol. The summed E-state index contributed by atoms with van der Waals surface area (Å²) in [6, 6.07) is 19.1. The topological polar surface area (TPSA) is 78.7 Å². The number of aryl methyl sites for hydroxylation is 3. The quantitative estimate of drug-likeness (QED) is 0.229. The van der Waals surface area contributed by atoms with Crippen LogP contribution in [-0.4, -0.2) is 50.5 Å². The van der Waals surface area contributed by atoms with Crippen LogP contribution in [0, 0.1) is 6.92 Å². The largest absolute Gasteiger partial charge is 0.490 e. The molecule has 2 aromatic heterocycles. The number of imidazole rings is 1. The molecule has 0 unspecified atom stereocenters. The normalized spacial score (nSPS) is 13.7. The predicted octanol–water partition coefficient (Wildman–Crippen LogP) is 6.29. The van der Waals surface area contributed by atoms with Crippen LogP contribution in [0.15, 0.2) is 84.4 Å². The highest BCUT2D eigenvalue weighted by molar-refractivity contribution is 7.99. The lowest BCUT2D eigenvalue weighted by molar-refractivity contribution is 0.0930. The van der Waals surface area contributed by atoms with Gasteiger partial charge in [-0.25, -0.2) is 14.8 Å². The number of carbonyl (C=O) groups excluding carboxylic acids is 1. The molecular formula is C30H32N4O4S. The van der Waals surface area contributed by atoms with Crippen LogP contribution in [0.3, 0.4) is 0 Å². The summed E-state index contributed by atoms with van der Waals surface area (Å²) in [7, 11) is 1.99. The summed E-state index contributed by atoms with van der Waals surface area (Å²) in [5.41, 5.74) is 2.28. The van der Waals surface area contributed by atoms with Crippen molar-refractivity contribution >= 4 is 17.9 Å². The highest BCUT2D eigenvalue weighted by Gasteiger charge is 2.25. The van der Waals surface area contributed by atoms with Crippen LogP contribution in [0.4, 0.5) is 4.79 Å². The minimum Gasteiger partial charge on any atom is -0.490 e. The second kappa shape index (κ2) is 12.7. The maximum atomic E-state index is 12.7. The SMILES string of the molecule is Cc1ccc(Oc2ccc(OC3CCN(C(=O)Oc4ccc(CCSc5nccn5C)cc4)CC3)cc2)nc1. The van der Waals surface area contributed by atoms with Crippen LogP contribution in [0.5, 0.6) is 23.1 Å². The van der Waals surface area contributed by atoms with E-state index < -0.39 is 0 Å². The van der Waals surface area contributed by atoms with Crippen LogP contribution >= 0.6 is 11.8 Å². The lowest BCUT2D eigenvalue weighted by Gasteiger charge is -2.31. The summed E-state index contributed by atoms with van der Waals surface area (Å²) in [5.74, 6) is 3.53. The number of nitrogens with zero attached hydrogens (tertiary/aromatic N) is 4. The van der Waals surface area contributed by atoms with E-state index in [0.29, 0.717) is 30.5 Å². The van der Waals surface area contributed by atoms with E-state index in [2.05, 4.69) is 9.97 Å². The summed E-state index contributed by atoms with van der Waals surface area (Å²) >= 11 is 1.73. The van der Waals surface area contributed by atoms with E-state index in [1.807, 2.05) is 85.4 Å². The third-order valence-electron chi connectivity index (χ3n) is 6.46. The molecule has 3 heterocycles. The average Bonchev–Trinajstić information content (AvgIpc) is 3.37. The molecule has 1 amide bonds. The predicted molar refractivity (Wildman–Crippen MR) is 151 cm³/mol. The fraction of sp³-hybridized carbons (Fsp3) is 0.300. The summed E-state index contributed by atoms with van der Waals surface area (Å²) < 4.78 is 19.6. The van der Waals surface area contributed by atoms with Crippen molar-refractivity contribution < 1.29 is 19.0 Å². The molecule has 0 radical (unpaired) electrons. The second-order valence-electron chi connectivity index (χ2n) is 9.48. The Balaban J connectivity index is 1.02. The number of pyridine rings is 1. The Morgan fingerprint density at radius 3 is 2.33 bits per heavy atom. The van der Waals surface area contributed by atoms with Gasteiger partial charge in [0.25, 0.3) is 0 Å². The van der Waals surface area contributed by atoms with Crippen LogP contribution < -0.4 is 14.2 Å². The van der Waals surface area contributed by atoms with E-state index >= 15 is 0 Å². The molecule has 1 aliphatic heterocycles. The molecule has 1 fully saturated rings. The van der Waals surface area contributed by atoms with E-state index in [-0.39, 0.29) is 12.2 Å². The summed E-state index contributed by atoms with van der Waals surface area (Å²) in [5, 5.41) is 1.01. The van der Waals surface area contributed by atoms with Gasteiger partial charge in [-0.1, -0.05) is 30.0 Å². The molecule has 0 aliphatic carbocycles. The molecule has 5 rings (SSSR count). The van der Waals surface area contributed by atoms with Gasteiger partial charge in [0.2, 0.25) is 5.88 Å². The van der Waals surface area contributed by atoms with Crippen LogP contribution in [0.1, 0.15) is 24.0 Å². The van der Waals surface area contributed by atoms with Crippen molar-refractivity contribution in [2.45, 2.75) is 37.4 Å². The second-order valence-corrected chi connectivity index (χ2v) is 10.5. The molecule has 4 aromatic rings. The van der Waals surface area contributed by atoms with Gasteiger partial charge in [-0.15, -0.1) is 0 Å². The molecule has 2 aromatic carbocycles. The van der Waals surface area contributed by atoms with Gasteiger partial charge in [0.1, 0.15) is 23.4 Å². The molecule has 1 aliphatic rings. The molecule has 39 heavy (non-hydrogen) atoms. The number of thioether (sulfide) groups is 1. The zero-order valence-corrected chi connectivity index (χ0v) is 23.0. The minimum absolute atomic E-state index is 0.0440. The third-order valence-corrected chi connectivity index (χ3v) is 7.52. The number of likely N-dealkylation sites (tertiary alicyclic amines) is 1. The summed E-state index contributed by atoms with van der Waals surface area (Å²) in [4.78, 5) is 23.0. The van der Waals surface area contributed by atoms with Crippen LogP contribution in [0.2, 0.25) is 0 Å². The highest BCUT2D eigenvalue weighted by atomic mass is 32.2. The highest BCUT2D eigenvalue weighted by Crippen LogP contribution is 2.25. The van der Waals surface area contributed by atoms with Crippen molar-refractivity contribution in [2.75, 3.05) is 18.8 Å². The Hall–Kier alpha value is -3.98. The number of aromatic nitrogens is 3. The number of rotatable bonds is 9. The zero-order valence-electron chi connectivity index (χ0n) is 22.2. The van der Waals surface area contributed by atoms with Gasteiger partial charge in [0.05, 0.1) is 0 Å². The van der Waals surface area contributed by atoms with E-state index in [4.69, 9.17) is 14.2 Å². The molecule has 0 atom stereocenters. The molecular weight excluding hydrogens is 512 g/mol. The number of piperidine rings is 1. The fourth-order valence-corrected chi connectivity index (χ4v) is 5.13. The van der Waals surface area contributed by atoms with Crippen molar-refractivity contribution in [1.29, 1.82) is 0 Å². The Morgan fingerprint density at radius 2 is 1.67 bits per heavy atom. The van der Waals surface area contributed by atoms with E-state index in [9.17, 15) is 4.79 Å². The molecule has 0 bridgehead atoms. The summed E-state index contributed by atoms with van der Waals surface area (Å²) in [6.07, 6.45) is 7.65. The first-order chi connectivity index (χ1) is 19.0. The Labute approximate surface area is 232 Å². The molecule has 0 saturated carbocycles. The molecule has 1 saturated heterocycles. The van der Waals surface area contributed by atoms with Crippen LogP contribution in [0.25, 0.3) is 0 Å². The van der Waals surface area contributed by atoms with Gasteiger partial charge in [0.15, 0.2) is 5.16 Å². The maximum absolute atomic E-state index is 12.7. The smallest absolute Gasteiger partial charge is 0.415 e. The van der Waals surface area contributed by atoms with Gasteiger partial charge in [-0.3, -0.25) is 0 Å². The average molecular weight is 545 g/mol. The van der Waals surface area contributed by atoms with Crippen LogP contribution in [-0.2, 0) is 13.5 Å². The number of carbonyl (C=O) groups is 1. The lowest BCUT2D eigenvalue weighted by Crippen LogP contribution is -2.43. The van der Waals surface area contributed by atoms with Gasteiger partial charge in [-0.05, 0) is 60.9 Å². The third kappa shape index (κ3) is 7.54. The van der Waals surface area contributed by atoms with Gasteiger partial charge >= 0.3 is 6.09 Å². The van der Waals surface area contributed by atoms with E-state index in [1.165, 1.54) is 5.56 Å². The fourth-order valence-electron chi connectivity index (χ4n) is 4.21. The summed E-state index contributed by atoms with van der Waals surface area (Å²) in [6.45, 7) is 3.17. The van der Waals surface area contributed by atoms with Gasteiger partial charge in [0, 0.05) is 63.4 Å². The number of hydrogen-bond donors (Lipinski definition) is 0. The van der Waals surface area contributed by atoms with Gasteiger partial charge in [-0.2, -0.15) is 0 Å². The standard InChI is InChI=1S/C30H32N4O4S/c1-22-3-12-28(32-21-22)37-25-10-8-24(9-11-25)36-27-13-17-34(18-14-27)30(35)38-26-6-4-23(5-7-26)15-20-39-29-31-16-19-33(29)2/h3-12,16,19,21,27H,13-15,17-18,20H2,1-2H3. The molecule has 8 nitrogen and oxygen atoms in total. The number of ether oxygens (including phenoxy) is 3. The zero-order chi connectivity index (χ0) is 27.0. The molecule has 9 heteroatoms. The van der Waals surface area contributed by atoms with Crippen molar-refractivity contribution in [3.8, 4) is 23.1 Å². The van der Waals surface area contributed by atoms with E-state index in [1.54, 1.807) is 29.1 Å². The van der Waals surface area contributed by atoms with Crippen molar-refractivity contribution in [3.63, 3.8) is 0 Å². The maximum Gasteiger partial charge on any atom is 0.415 e. The first-order valence-corrected chi connectivity index (χ1v) is 14.0.